The number of aromatic amines is 1. The van der Waals surface area contributed by atoms with Crippen LogP contribution in [0.5, 0.6) is 0 Å². The van der Waals surface area contributed by atoms with Gasteiger partial charge in [0.2, 0.25) is 0 Å². The maximum absolute atomic E-state index is 13.9. The van der Waals surface area contributed by atoms with E-state index in [9.17, 15) is 106 Å². The Kier molecular flexibility index (Phi) is 19.8. The van der Waals surface area contributed by atoms with Crippen molar-refractivity contribution >= 4 is 11.0 Å². The minimum atomic E-state index is -2.21. The normalized spacial score (nSPS) is 48.1. The summed E-state index contributed by atoms with van der Waals surface area (Å²) in [5.74, 6) is -2.63. The standard InChI is InChI=1S/C43H64F2N2O30/c44-9-1-11-12(2-10(9)45)47-38(46-11)37-22(57)21(56)32(14(4-49)67-37)73-40-28(63)24(59)34(16(6-51)69-40)75-42-30(65)26(61)36(18(8-53)71-42)77-43-31(66)25(60)35(17(7-52)72-43)76-41-29(64)23(58)33(15(5-50)70-41)74-39-27(62)20(55)19(54)13(3-48)68-39/h1-2,13-37,39-43,48-66H,3-8H2,(H,46,47)/t13?,14?,15?,16?,17?,18?,19-,20?,21?,22+,23?,24?,25?,26?,27+,28+,29+,30+,31+,32-,33-,34-,35-,36-,37-,39-,40-,41-,42-,43-/m1/s1. The monoisotopic (exact) mass is 1130 g/mol. The molecule has 0 spiro atoms. The van der Waals surface area contributed by atoms with Gasteiger partial charge in [0.15, 0.2) is 43.1 Å². The third-order valence-electron chi connectivity index (χ3n) is 14.3. The fourth-order valence-electron chi connectivity index (χ4n) is 9.93. The minimum Gasteiger partial charge on any atom is -0.394 e. The molecule has 7 heterocycles. The predicted molar refractivity (Wildman–Crippen MR) is 232 cm³/mol. The Bertz CT molecular complexity index is 2160. The van der Waals surface area contributed by atoms with Gasteiger partial charge in [0, 0.05) is 12.1 Å². The zero-order valence-electron chi connectivity index (χ0n) is 39.9. The molecule has 1 aromatic carbocycles. The van der Waals surface area contributed by atoms with Crippen LogP contribution in [0.3, 0.4) is 0 Å². The summed E-state index contributed by atoms with van der Waals surface area (Å²) in [6, 6.07) is 1.57. The SMILES string of the molecule is OCC1O[C@H](O[C@@H]2C(CO)O[C@H](O[C@@H]3C(CO)O[C@H](O[C@@H]4C(CO)O[C@H](O[C@@H]5C(CO)O[C@H](O[C@@H]6C(CO)O[C@@H](c7nc8cc(F)c(F)cc8[nH]7)[C@@H](O)C6O)[C@@H](O)C5O)[C@@H](O)C4O)[C@@H](O)C3O)[C@@H](O)C2O)[C@@H](O)C(O)[C@@H]1O. The first-order chi connectivity index (χ1) is 36.6. The summed E-state index contributed by atoms with van der Waals surface area (Å²) < 4.78 is 89.5. The molecule has 0 saturated carbocycles. The van der Waals surface area contributed by atoms with E-state index in [1.54, 1.807) is 0 Å². The van der Waals surface area contributed by atoms with Crippen molar-refractivity contribution in [1.82, 2.24) is 9.97 Å². The Labute approximate surface area is 431 Å². The van der Waals surface area contributed by atoms with Gasteiger partial charge in [0.1, 0.15) is 158 Å². The van der Waals surface area contributed by atoms with E-state index < -0.39 is 235 Å². The lowest BCUT2D eigenvalue weighted by molar-refractivity contribution is -0.395. The zero-order chi connectivity index (χ0) is 56.1. The van der Waals surface area contributed by atoms with E-state index in [0.29, 0.717) is 0 Å². The van der Waals surface area contributed by atoms with Crippen LogP contribution in [0.25, 0.3) is 11.0 Å². The van der Waals surface area contributed by atoms with Gasteiger partial charge >= 0.3 is 0 Å². The third-order valence-corrected chi connectivity index (χ3v) is 14.3. The first-order valence-corrected chi connectivity index (χ1v) is 24.2. The summed E-state index contributed by atoms with van der Waals surface area (Å²) in [5, 5.41) is 203. The Hall–Kier alpha value is -2.65. The number of H-pyrrole nitrogens is 1. The maximum atomic E-state index is 13.9. The Morgan fingerprint density at radius 3 is 0.987 bits per heavy atom. The van der Waals surface area contributed by atoms with Crippen molar-refractivity contribution in [1.29, 1.82) is 0 Å². The van der Waals surface area contributed by atoms with Crippen LogP contribution >= 0.6 is 0 Å². The highest BCUT2D eigenvalue weighted by Crippen LogP contribution is 2.39. The molecule has 1 aromatic heterocycles. The first-order valence-electron chi connectivity index (χ1n) is 24.2. The molecule has 0 radical (unpaired) electrons. The van der Waals surface area contributed by atoms with Crippen molar-refractivity contribution in [2.45, 2.75) is 184 Å². The van der Waals surface area contributed by atoms with E-state index in [-0.39, 0.29) is 16.9 Å². The van der Waals surface area contributed by atoms with E-state index in [4.69, 9.17) is 52.1 Å². The van der Waals surface area contributed by atoms with Crippen molar-refractivity contribution in [2.75, 3.05) is 39.6 Å². The van der Waals surface area contributed by atoms with Crippen molar-refractivity contribution in [3.63, 3.8) is 0 Å². The van der Waals surface area contributed by atoms with Crippen LogP contribution < -0.4 is 0 Å². The number of aliphatic hydroxyl groups is 19. The number of ether oxygens (including phenoxy) is 11. The Morgan fingerprint density at radius 2 is 0.649 bits per heavy atom. The highest BCUT2D eigenvalue weighted by Gasteiger charge is 2.58. The van der Waals surface area contributed by atoms with Gasteiger partial charge in [0.05, 0.1) is 50.7 Å². The molecule has 12 unspecified atom stereocenters. The topological polar surface area (TPSA) is 515 Å². The zero-order valence-corrected chi connectivity index (χ0v) is 39.9. The smallest absolute Gasteiger partial charge is 0.187 e. The molecule has 2 aromatic rings. The lowest BCUT2D eigenvalue weighted by Gasteiger charge is -2.50. The summed E-state index contributed by atoms with van der Waals surface area (Å²) >= 11 is 0. The Morgan fingerprint density at radius 1 is 0.364 bits per heavy atom. The number of aromatic nitrogens is 2. The first kappa shape index (κ1) is 60.4. The maximum Gasteiger partial charge on any atom is 0.187 e. The van der Waals surface area contributed by atoms with Crippen molar-refractivity contribution in [3.05, 3.63) is 29.6 Å². The van der Waals surface area contributed by atoms with Gasteiger partial charge in [0.25, 0.3) is 0 Å². The molecule has 6 aliphatic rings. The summed E-state index contributed by atoms with van der Waals surface area (Å²) in [4.78, 5) is 6.71. The van der Waals surface area contributed by atoms with Crippen LogP contribution in [-0.2, 0) is 52.1 Å². The predicted octanol–water partition coefficient (Wildman–Crippen LogP) is -11.5. The molecule has 8 rings (SSSR count). The molecule has 6 fully saturated rings. The molecule has 0 amide bonds. The molecule has 30 atom stereocenters. The Balaban J connectivity index is 0.872. The third kappa shape index (κ3) is 11.9. The second-order valence-corrected chi connectivity index (χ2v) is 19.2. The van der Waals surface area contributed by atoms with Gasteiger partial charge in [-0.25, -0.2) is 13.8 Å². The number of halogens is 2. The molecular weight excluding hydrogens is 1060 g/mol. The van der Waals surface area contributed by atoms with E-state index in [1.165, 1.54) is 0 Å². The van der Waals surface area contributed by atoms with Crippen molar-refractivity contribution < 1.29 is 158 Å². The fraction of sp³-hybridized carbons (Fsp3) is 0.837. The van der Waals surface area contributed by atoms with Crippen molar-refractivity contribution in [2.24, 2.45) is 0 Å². The van der Waals surface area contributed by atoms with Crippen LogP contribution in [0.4, 0.5) is 8.78 Å². The van der Waals surface area contributed by atoms with Crippen LogP contribution in [0.1, 0.15) is 11.9 Å². The summed E-state index contributed by atoms with van der Waals surface area (Å²) in [5.41, 5.74) is -0.0669. The highest BCUT2D eigenvalue weighted by atomic mass is 19.2. The van der Waals surface area contributed by atoms with Crippen LogP contribution in [0.2, 0.25) is 0 Å². The van der Waals surface area contributed by atoms with Crippen LogP contribution in [0.15, 0.2) is 12.1 Å². The highest BCUT2D eigenvalue weighted by molar-refractivity contribution is 5.75. The molecule has 0 aliphatic carbocycles. The van der Waals surface area contributed by atoms with Gasteiger partial charge in [-0.1, -0.05) is 0 Å². The van der Waals surface area contributed by atoms with E-state index in [0.717, 1.165) is 12.1 Å². The van der Waals surface area contributed by atoms with Gasteiger partial charge in [-0.15, -0.1) is 0 Å². The minimum absolute atomic E-state index is 0.00129. The lowest BCUT2D eigenvalue weighted by atomic mass is 9.93. The van der Waals surface area contributed by atoms with E-state index in [2.05, 4.69) is 9.97 Å². The number of aliphatic hydroxyl groups excluding tert-OH is 19. The molecule has 34 heteroatoms. The van der Waals surface area contributed by atoms with Crippen molar-refractivity contribution in [3.8, 4) is 0 Å². The summed E-state index contributed by atoms with van der Waals surface area (Å²) in [6.07, 6.45) is -57.1. The molecule has 6 aliphatic heterocycles. The number of rotatable bonds is 17. The summed E-state index contributed by atoms with van der Waals surface area (Å²) in [7, 11) is 0. The van der Waals surface area contributed by atoms with Gasteiger partial charge < -0.3 is 154 Å². The molecule has 440 valence electrons. The average Bonchev–Trinajstić information content (AvgIpc) is 3.82. The van der Waals surface area contributed by atoms with Gasteiger partial charge in [-0.05, 0) is 0 Å². The average molecular weight is 1130 g/mol. The number of nitrogens with one attached hydrogen (secondary N) is 1. The van der Waals surface area contributed by atoms with Crippen LogP contribution in [0, 0.1) is 11.6 Å². The number of benzene rings is 1. The van der Waals surface area contributed by atoms with E-state index >= 15 is 0 Å². The molecule has 20 N–H and O–H groups in total. The quantitative estimate of drug-likeness (QED) is 0.0699. The van der Waals surface area contributed by atoms with E-state index in [1.807, 2.05) is 0 Å². The molecule has 0 bridgehead atoms. The molecule has 32 nitrogen and oxygen atoms in total. The number of fused-ring (bicyclic) bond motifs is 1. The number of nitrogens with zero attached hydrogens (tertiary/aromatic N) is 1. The number of hydrogen-bond acceptors (Lipinski definition) is 31. The summed E-state index contributed by atoms with van der Waals surface area (Å²) in [6.45, 7) is -5.84. The second kappa shape index (κ2) is 25.2. The second-order valence-electron chi connectivity index (χ2n) is 19.2. The van der Waals surface area contributed by atoms with Gasteiger partial charge in [-0.2, -0.15) is 0 Å². The lowest BCUT2D eigenvalue weighted by Crippen LogP contribution is -2.68. The molecule has 77 heavy (non-hydrogen) atoms. The number of imidazole rings is 1. The number of hydrogen-bond donors (Lipinski definition) is 20. The molecule has 6 saturated heterocycles. The largest absolute Gasteiger partial charge is 0.394 e. The van der Waals surface area contributed by atoms with Crippen LogP contribution in [-0.4, -0.2) is 325 Å². The molecular formula is C43H64F2N2O30. The fourth-order valence-corrected chi connectivity index (χ4v) is 9.93. The van der Waals surface area contributed by atoms with Gasteiger partial charge in [-0.3, -0.25) is 0 Å².